The zero-order chi connectivity index (χ0) is 30.1. The smallest absolute Gasteiger partial charge is 0.306 e. The van der Waals surface area contributed by atoms with Crippen LogP contribution in [0.15, 0.2) is 0 Å². The van der Waals surface area contributed by atoms with E-state index in [9.17, 15) is 19.0 Å². The summed E-state index contributed by atoms with van der Waals surface area (Å²) in [5.41, 5.74) is 0. The molecular formula is C30H60NO8P. The fraction of sp³-hybridized carbons (Fsp3) is 0.933. The van der Waals surface area contributed by atoms with Crippen molar-refractivity contribution in [2.24, 2.45) is 0 Å². The molecule has 0 heterocycles. The third kappa shape index (κ3) is 28.5. The first-order valence-electron chi connectivity index (χ1n) is 15.7. The van der Waals surface area contributed by atoms with E-state index in [1.165, 1.54) is 96.8 Å². The van der Waals surface area contributed by atoms with E-state index >= 15 is 0 Å². The van der Waals surface area contributed by atoms with Crippen LogP contribution in [0.4, 0.5) is 0 Å². The molecule has 0 rings (SSSR count). The molecule has 0 N–H and O–H groups in total. The van der Waals surface area contributed by atoms with Crippen molar-refractivity contribution in [3.63, 3.8) is 0 Å². The summed E-state index contributed by atoms with van der Waals surface area (Å²) in [6.07, 6.45) is 20.7. The van der Waals surface area contributed by atoms with Crippen molar-refractivity contribution in [2.45, 2.75) is 136 Å². The lowest BCUT2D eigenvalue weighted by atomic mass is 10.0. The number of likely N-dealkylation sites (N-methyl/N-ethyl adjacent to an activating group) is 1. The summed E-state index contributed by atoms with van der Waals surface area (Å²) >= 11 is 0. The van der Waals surface area contributed by atoms with Crippen LogP contribution in [-0.2, 0) is 32.7 Å². The Balaban J connectivity index is 3.91. The largest absolute Gasteiger partial charge is 0.756 e. The highest BCUT2D eigenvalue weighted by Gasteiger charge is 2.21. The number of nitrogens with zero attached hydrogens (tertiary/aromatic N) is 1. The summed E-state index contributed by atoms with van der Waals surface area (Å²) < 4.78 is 32.5. The lowest BCUT2D eigenvalue weighted by Crippen LogP contribution is -2.37. The Bertz CT molecular complexity index is 683. The number of esters is 2. The van der Waals surface area contributed by atoms with E-state index in [0.717, 1.165) is 12.8 Å². The fourth-order valence-electron chi connectivity index (χ4n) is 4.20. The van der Waals surface area contributed by atoms with Gasteiger partial charge in [-0.2, -0.15) is 0 Å². The van der Waals surface area contributed by atoms with Gasteiger partial charge in [-0.1, -0.05) is 110 Å². The van der Waals surface area contributed by atoms with Gasteiger partial charge in [0.2, 0.25) is 0 Å². The number of phosphoric acid groups is 1. The van der Waals surface area contributed by atoms with Gasteiger partial charge in [-0.05, 0) is 6.42 Å². The maximum atomic E-state index is 12.3. The van der Waals surface area contributed by atoms with E-state index in [2.05, 4.69) is 6.92 Å². The number of hydrogen-bond acceptors (Lipinski definition) is 8. The van der Waals surface area contributed by atoms with Gasteiger partial charge in [0.25, 0.3) is 7.82 Å². The molecule has 0 saturated carbocycles. The third-order valence-electron chi connectivity index (χ3n) is 6.69. The predicted octanol–water partition coefficient (Wildman–Crippen LogP) is 6.71. The number of hydrogen-bond donors (Lipinski definition) is 0. The van der Waals surface area contributed by atoms with Crippen LogP contribution in [0.2, 0.25) is 0 Å². The van der Waals surface area contributed by atoms with Crippen LogP contribution in [0.5, 0.6) is 0 Å². The molecular weight excluding hydrogens is 533 g/mol. The Kier molecular flexibility index (Phi) is 24.0. The average molecular weight is 594 g/mol. The predicted molar refractivity (Wildman–Crippen MR) is 158 cm³/mol. The van der Waals surface area contributed by atoms with Gasteiger partial charge < -0.3 is 27.9 Å². The molecule has 0 saturated heterocycles. The van der Waals surface area contributed by atoms with Crippen molar-refractivity contribution in [3.05, 3.63) is 0 Å². The summed E-state index contributed by atoms with van der Waals surface area (Å²) in [4.78, 5) is 35.5. The molecule has 40 heavy (non-hydrogen) atoms. The van der Waals surface area contributed by atoms with Crippen molar-refractivity contribution in [2.75, 3.05) is 47.5 Å². The van der Waals surface area contributed by atoms with Crippen LogP contribution >= 0.6 is 7.82 Å². The van der Waals surface area contributed by atoms with Gasteiger partial charge in [-0.25, -0.2) is 0 Å². The molecule has 0 aliphatic heterocycles. The number of unbranched alkanes of at least 4 members (excludes halogenated alkanes) is 16. The van der Waals surface area contributed by atoms with Crippen LogP contribution in [0.3, 0.4) is 0 Å². The summed E-state index contributed by atoms with van der Waals surface area (Å²) in [5, 5.41) is 0. The molecule has 0 spiro atoms. The molecule has 0 radical (unpaired) electrons. The number of rotatable bonds is 28. The molecule has 2 unspecified atom stereocenters. The molecule has 0 aromatic rings. The Morgan fingerprint density at radius 1 is 0.725 bits per heavy atom. The topological polar surface area (TPSA) is 111 Å². The molecule has 0 aliphatic carbocycles. The van der Waals surface area contributed by atoms with Gasteiger partial charge in [-0.3, -0.25) is 14.2 Å². The normalized spacial score (nSPS) is 14.1. The second kappa shape index (κ2) is 24.6. The van der Waals surface area contributed by atoms with Gasteiger partial charge in [0.1, 0.15) is 19.8 Å². The van der Waals surface area contributed by atoms with E-state index in [0.29, 0.717) is 17.4 Å². The first-order chi connectivity index (χ1) is 18.9. The van der Waals surface area contributed by atoms with Crippen LogP contribution < -0.4 is 4.89 Å². The SMILES string of the molecule is CCCCCCCCCCCCCCCCCCCC(=O)OC(COC(C)=O)COP(=O)([O-])OCC[N+](C)(C)C. The minimum absolute atomic E-state index is 0.0298. The molecule has 10 heteroatoms. The van der Waals surface area contributed by atoms with Crippen LogP contribution in [0.25, 0.3) is 0 Å². The van der Waals surface area contributed by atoms with Crippen LogP contribution in [0.1, 0.15) is 129 Å². The molecule has 2 atom stereocenters. The van der Waals surface area contributed by atoms with Crippen molar-refractivity contribution in [3.8, 4) is 0 Å². The van der Waals surface area contributed by atoms with Gasteiger partial charge in [0.05, 0.1) is 27.7 Å². The lowest BCUT2D eigenvalue weighted by Gasteiger charge is -2.28. The highest BCUT2D eigenvalue weighted by Crippen LogP contribution is 2.38. The lowest BCUT2D eigenvalue weighted by molar-refractivity contribution is -0.870. The molecule has 0 aliphatic rings. The van der Waals surface area contributed by atoms with E-state index in [1.807, 2.05) is 21.1 Å². The minimum atomic E-state index is -4.57. The Morgan fingerprint density at radius 2 is 1.18 bits per heavy atom. The Hall–Kier alpha value is -0.990. The van der Waals surface area contributed by atoms with Gasteiger partial charge in [-0.15, -0.1) is 0 Å². The van der Waals surface area contributed by atoms with Crippen molar-refractivity contribution in [1.82, 2.24) is 0 Å². The average Bonchev–Trinajstić information content (AvgIpc) is 2.86. The Morgan fingerprint density at radius 3 is 1.60 bits per heavy atom. The summed E-state index contributed by atoms with van der Waals surface area (Å²) in [6, 6.07) is 0. The molecule has 0 amide bonds. The monoisotopic (exact) mass is 593 g/mol. The number of quaternary nitrogens is 1. The van der Waals surface area contributed by atoms with E-state index < -0.39 is 32.5 Å². The fourth-order valence-corrected chi connectivity index (χ4v) is 4.93. The molecule has 0 fully saturated rings. The maximum Gasteiger partial charge on any atom is 0.306 e. The van der Waals surface area contributed by atoms with E-state index in [4.69, 9.17) is 18.5 Å². The molecule has 9 nitrogen and oxygen atoms in total. The number of carbonyl (C=O) groups excluding carboxylic acids is 2. The van der Waals surface area contributed by atoms with E-state index in [-0.39, 0.29) is 19.6 Å². The summed E-state index contributed by atoms with van der Waals surface area (Å²) in [7, 11) is 1.16. The Labute approximate surface area is 244 Å². The first-order valence-corrected chi connectivity index (χ1v) is 17.1. The van der Waals surface area contributed by atoms with Gasteiger partial charge in [0, 0.05) is 13.3 Å². The van der Waals surface area contributed by atoms with Crippen LogP contribution in [-0.4, -0.2) is 70.0 Å². The quantitative estimate of drug-likeness (QED) is 0.0426. The highest BCUT2D eigenvalue weighted by molar-refractivity contribution is 7.45. The zero-order valence-electron chi connectivity index (χ0n) is 26.3. The molecule has 238 valence electrons. The third-order valence-corrected chi connectivity index (χ3v) is 7.65. The maximum absolute atomic E-state index is 12.3. The van der Waals surface area contributed by atoms with Crippen LogP contribution in [0, 0.1) is 0 Å². The summed E-state index contributed by atoms with van der Waals surface area (Å²) in [6.45, 7) is 3.18. The second-order valence-corrected chi connectivity index (χ2v) is 13.3. The summed E-state index contributed by atoms with van der Waals surface area (Å²) in [5.74, 6) is -1.02. The van der Waals surface area contributed by atoms with Crippen molar-refractivity contribution in [1.29, 1.82) is 0 Å². The zero-order valence-corrected chi connectivity index (χ0v) is 27.2. The second-order valence-electron chi connectivity index (χ2n) is 11.9. The highest BCUT2D eigenvalue weighted by atomic mass is 31.2. The number of ether oxygens (including phenoxy) is 2. The standard InChI is InChI=1S/C30H60NO8P/c1-6-7-8-9-10-11-12-13-14-15-16-17-18-19-20-21-22-23-30(33)39-29(26-36-28(2)32)27-38-40(34,35)37-25-24-31(3,4)5/h29H,6-27H2,1-5H3. The number of carbonyl (C=O) groups is 2. The van der Waals surface area contributed by atoms with Crippen molar-refractivity contribution >= 4 is 19.8 Å². The molecule has 0 bridgehead atoms. The molecule has 0 aromatic carbocycles. The van der Waals surface area contributed by atoms with Crippen molar-refractivity contribution < 1.29 is 42.1 Å². The molecule has 0 aromatic heterocycles. The number of phosphoric ester groups is 1. The minimum Gasteiger partial charge on any atom is -0.756 e. The van der Waals surface area contributed by atoms with E-state index in [1.54, 1.807) is 0 Å². The van der Waals surface area contributed by atoms with Gasteiger partial charge >= 0.3 is 11.9 Å². The first kappa shape index (κ1) is 39.0. The van der Waals surface area contributed by atoms with Gasteiger partial charge in [0.15, 0.2) is 6.10 Å².